The van der Waals surface area contributed by atoms with Crippen molar-refractivity contribution in [1.82, 2.24) is 0 Å². The molecule has 0 bridgehead atoms. The number of benzene rings is 1. The van der Waals surface area contributed by atoms with E-state index in [-0.39, 0.29) is 0 Å². The maximum absolute atomic E-state index is 8.74. The SMILES string of the molecule is OCCCCCCCCc1ccc(CCCCCCCCO)cc1. The van der Waals surface area contributed by atoms with Crippen molar-refractivity contribution in [2.24, 2.45) is 0 Å². The van der Waals surface area contributed by atoms with E-state index in [2.05, 4.69) is 24.3 Å². The molecule has 0 saturated heterocycles. The Morgan fingerprint density at radius 2 is 0.708 bits per heavy atom. The van der Waals surface area contributed by atoms with Crippen LogP contribution in [0.25, 0.3) is 0 Å². The largest absolute Gasteiger partial charge is 0.396 e. The topological polar surface area (TPSA) is 40.5 Å². The van der Waals surface area contributed by atoms with Crippen molar-refractivity contribution in [3.8, 4) is 0 Å². The Morgan fingerprint density at radius 3 is 1.04 bits per heavy atom. The first-order valence-corrected chi connectivity index (χ1v) is 10.2. The maximum atomic E-state index is 8.74. The van der Waals surface area contributed by atoms with Crippen LogP contribution in [-0.4, -0.2) is 23.4 Å². The number of rotatable bonds is 16. The fourth-order valence-corrected chi connectivity index (χ4v) is 3.17. The lowest BCUT2D eigenvalue weighted by Crippen LogP contribution is -1.90. The van der Waals surface area contributed by atoms with Crippen LogP contribution in [0.1, 0.15) is 88.2 Å². The Kier molecular flexibility index (Phi) is 13.8. The summed E-state index contributed by atoms with van der Waals surface area (Å²) in [7, 11) is 0. The van der Waals surface area contributed by atoms with Crippen LogP contribution in [-0.2, 0) is 12.8 Å². The highest BCUT2D eigenvalue weighted by Crippen LogP contribution is 2.13. The smallest absolute Gasteiger partial charge is 0.0431 e. The average Bonchev–Trinajstić information content (AvgIpc) is 2.61. The summed E-state index contributed by atoms with van der Waals surface area (Å²) in [5.74, 6) is 0. The highest BCUT2D eigenvalue weighted by atomic mass is 16.3. The summed E-state index contributed by atoms with van der Waals surface area (Å²) in [5.41, 5.74) is 2.94. The lowest BCUT2D eigenvalue weighted by atomic mass is 10.0. The second-order valence-corrected chi connectivity index (χ2v) is 7.01. The molecule has 0 amide bonds. The van der Waals surface area contributed by atoms with Crippen LogP contribution in [0.2, 0.25) is 0 Å². The van der Waals surface area contributed by atoms with Crippen LogP contribution in [0.15, 0.2) is 24.3 Å². The third-order valence-electron chi connectivity index (χ3n) is 4.77. The monoisotopic (exact) mass is 334 g/mol. The summed E-state index contributed by atoms with van der Waals surface area (Å²) >= 11 is 0. The zero-order chi connectivity index (χ0) is 17.3. The molecule has 0 saturated carbocycles. The Labute approximate surface area is 149 Å². The molecule has 1 rings (SSSR count). The number of aryl methyl sites for hydroxylation is 2. The summed E-state index contributed by atoms with van der Waals surface area (Å²) in [6.45, 7) is 0.687. The standard InChI is InChI=1S/C22H38O2/c23-19-11-7-3-1-5-9-13-21-15-17-22(18-16-21)14-10-6-2-4-8-12-20-24/h15-18,23-24H,1-14,19-20H2. The van der Waals surface area contributed by atoms with E-state index < -0.39 is 0 Å². The van der Waals surface area contributed by atoms with Crippen molar-refractivity contribution in [2.45, 2.75) is 89.9 Å². The van der Waals surface area contributed by atoms with Gasteiger partial charge in [0.15, 0.2) is 0 Å². The molecule has 2 N–H and O–H groups in total. The minimum absolute atomic E-state index is 0.343. The van der Waals surface area contributed by atoms with Crippen LogP contribution in [0.4, 0.5) is 0 Å². The fraction of sp³-hybridized carbons (Fsp3) is 0.727. The second-order valence-electron chi connectivity index (χ2n) is 7.01. The van der Waals surface area contributed by atoms with E-state index >= 15 is 0 Å². The number of aliphatic hydroxyl groups excluding tert-OH is 2. The van der Waals surface area contributed by atoms with E-state index in [1.807, 2.05) is 0 Å². The van der Waals surface area contributed by atoms with Gasteiger partial charge in [-0.05, 0) is 49.7 Å². The van der Waals surface area contributed by atoms with Crippen molar-refractivity contribution < 1.29 is 10.2 Å². The first kappa shape index (κ1) is 21.2. The molecular formula is C22H38O2. The van der Waals surface area contributed by atoms with Gasteiger partial charge >= 0.3 is 0 Å². The van der Waals surface area contributed by atoms with Gasteiger partial charge in [-0.3, -0.25) is 0 Å². The van der Waals surface area contributed by atoms with Gasteiger partial charge in [-0.2, -0.15) is 0 Å². The second kappa shape index (κ2) is 15.7. The van der Waals surface area contributed by atoms with E-state index in [0.29, 0.717) is 13.2 Å². The van der Waals surface area contributed by atoms with Crippen molar-refractivity contribution in [3.05, 3.63) is 35.4 Å². The van der Waals surface area contributed by atoms with Crippen LogP contribution in [0, 0.1) is 0 Å². The first-order valence-electron chi connectivity index (χ1n) is 10.2. The van der Waals surface area contributed by atoms with E-state index in [4.69, 9.17) is 10.2 Å². The molecule has 0 unspecified atom stereocenters. The Hall–Kier alpha value is -0.860. The third kappa shape index (κ3) is 11.6. The third-order valence-corrected chi connectivity index (χ3v) is 4.77. The number of aliphatic hydroxyl groups is 2. The van der Waals surface area contributed by atoms with Crippen molar-refractivity contribution in [3.63, 3.8) is 0 Å². The Morgan fingerprint density at radius 1 is 0.417 bits per heavy atom. The summed E-state index contributed by atoms with van der Waals surface area (Å²) in [5, 5.41) is 17.5. The van der Waals surface area contributed by atoms with Crippen LogP contribution >= 0.6 is 0 Å². The Bertz CT molecular complexity index is 335. The zero-order valence-corrected chi connectivity index (χ0v) is 15.5. The molecule has 0 radical (unpaired) electrons. The number of hydrogen-bond acceptors (Lipinski definition) is 2. The molecule has 0 aliphatic heterocycles. The molecule has 0 aliphatic rings. The van der Waals surface area contributed by atoms with Gasteiger partial charge in [-0.25, -0.2) is 0 Å². The molecule has 0 spiro atoms. The summed E-state index contributed by atoms with van der Waals surface area (Å²) in [6, 6.07) is 9.23. The molecule has 0 fully saturated rings. The number of hydrogen-bond donors (Lipinski definition) is 2. The quantitative estimate of drug-likeness (QED) is 0.395. The van der Waals surface area contributed by atoms with Gasteiger partial charge < -0.3 is 10.2 Å². The number of unbranched alkanes of at least 4 members (excludes halogenated alkanes) is 10. The van der Waals surface area contributed by atoms with Gasteiger partial charge in [-0.1, -0.05) is 75.6 Å². The maximum Gasteiger partial charge on any atom is 0.0431 e. The highest BCUT2D eigenvalue weighted by Gasteiger charge is 1.97. The molecule has 1 aromatic rings. The summed E-state index contributed by atoms with van der Waals surface area (Å²) in [6.07, 6.45) is 17.0. The zero-order valence-electron chi connectivity index (χ0n) is 15.5. The van der Waals surface area contributed by atoms with Gasteiger partial charge in [0.1, 0.15) is 0 Å². The Balaban J connectivity index is 2.02. The molecule has 2 nitrogen and oxygen atoms in total. The van der Waals surface area contributed by atoms with Crippen molar-refractivity contribution >= 4 is 0 Å². The summed E-state index contributed by atoms with van der Waals surface area (Å²) < 4.78 is 0. The minimum atomic E-state index is 0.343. The molecule has 0 atom stereocenters. The molecule has 1 aromatic carbocycles. The minimum Gasteiger partial charge on any atom is -0.396 e. The van der Waals surface area contributed by atoms with Crippen LogP contribution < -0.4 is 0 Å². The van der Waals surface area contributed by atoms with Crippen LogP contribution in [0.5, 0.6) is 0 Å². The molecule has 24 heavy (non-hydrogen) atoms. The van der Waals surface area contributed by atoms with E-state index in [1.165, 1.54) is 88.2 Å². The fourth-order valence-electron chi connectivity index (χ4n) is 3.17. The molecule has 0 heterocycles. The van der Waals surface area contributed by atoms with E-state index in [0.717, 1.165) is 12.8 Å². The van der Waals surface area contributed by atoms with Gasteiger partial charge in [-0.15, -0.1) is 0 Å². The van der Waals surface area contributed by atoms with Crippen LogP contribution in [0.3, 0.4) is 0 Å². The predicted molar refractivity (Wildman–Crippen MR) is 103 cm³/mol. The lowest BCUT2D eigenvalue weighted by Gasteiger charge is -2.05. The predicted octanol–water partition coefficient (Wildman–Crippen LogP) is 5.44. The van der Waals surface area contributed by atoms with Crippen molar-refractivity contribution in [1.29, 1.82) is 0 Å². The molecule has 0 aromatic heterocycles. The normalized spacial score (nSPS) is 11.1. The van der Waals surface area contributed by atoms with Gasteiger partial charge in [0.05, 0.1) is 0 Å². The van der Waals surface area contributed by atoms with Crippen molar-refractivity contribution in [2.75, 3.05) is 13.2 Å². The molecule has 2 heteroatoms. The molecule has 0 aliphatic carbocycles. The van der Waals surface area contributed by atoms with Gasteiger partial charge in [0.25, 0.3) is 0 Å². The molecular weight excluding hydrogens is 296 g/mol. The van der Waals surface area contributed by atoms with Gasteiger partial charge in [0.2, 0.25) is 0 Å². The summed E-state index contributed by atoms with van der Waals surface area (Å²) in [4.78, 5) is 0. The van der Waals surface area contributed by atoms with Gasteiger partial charge in [0, 0.05) is 13.2 Å². The first-order chi connectivity index (χ1) is 11.9. The van der Waals surface area contributed by atoms with E-state index in [9.17, 15) is 0 Å². The average molecular weight is 335 g/mol. The van der Waals surface area contributed by atoms with E-state index in [1.54, 1.807) is 0 Å². The molecule has 138 valence electrons. The highest BCUT2D eigenvalue weighted by molar-refractivity contribution is 5.22. The lowest BCUT2D eigenvalue weighted by molar-refractivity contribution is 0.282.